The number of hydrogen-bond acceptors (Lipinski definition) is 9. The Morgan fingerprint density at radius 1 is 1.20 bits per heavy atom. The summed E-state index contributed by atoms with van der Waals surface area (Å²) in [6.45, 7) is 9.91. The van der Waals surface area contributed by atoms with E-state index >= 15 is 0 Å². The predicted molar refractivity (Wildman–Crippen MR) is 131 cm³/mol. The number of rotatable bonds is 5. The number of anilines is 4. The minimum atomic E-state index is -1.36. The first-order valence-electron chi connectivity index (χ1n) is 12.2. The second-order valence-electron chi connectivity index (χ2n) is 10.7. The van der Waals surface area contributed by atoms with E-state index in [0.717, 1.165) is 43.0 Å². The van der Waals surface area contributed by atoms with Crippen molar-refractivity contribution in [2.45, 2.75) is 45.0 Å². The highest BCUT2D eigenvalue weighted by molar-refractivity contribution is 5.92. The fourth-order valence-electron chi connectivity index (χ4n) is 5.08. The van der Waals surface area contributed by atoms with Crippen LogP contribution in [0.4, 0.5) is 27.8 Å². The highest BCUT2D eigenvalue weighted by Crippen LogP contribution is 2.42. The van der Waals surface area contributed by atoms with E-state index in [4.69, 9.17) is 9.84 Å². The van der Waals surface area contributed by atoms with E-state index in [-0.39, 0.29) is 12.6 Å². The van der Waals surface area contributed by atoms with E-state index in [2.05, 4.69) is 39.0 Å². The molecule has 6 heterocycles. The third kappa shape index (κ3) is 3.86. The first kappa shape index (κ1) is 22.4. The van der Waals surface area contributed by atoms with Crippen molar-refractivity contribution in [2.75, 3.05) is 54.5 Å². The summed E-state index contributed by atoms with van der Waals surface area (Å²) < 4.78 is 21.8. The highest BCUT2D eigenvalue weighted by Gasteiger charge is 2.50. The number of fused-ring (bicyclic) bond motifs is 1. The standard InChI is InChI=1S/C24H31FN8O2/c1-15(2)33-17-8-20(27-9-16(17)21(30-33)32-11-24(12-32)13-35-14-24)28-19-4-6-26-22(29-19)31-7-5-23(3,34)18(25)10-31/h4,6,8-9,15,18,34H,5,7,10-14H2,1-3H3,(H,26,27,28,29). The molecule has 0 amide bonds. The molecule has 3 aromatic rings. The van der Waals surface area contributed by atoms with Gasteiger partial charge in [-0.1, -0.05) is 0 Å². The van der Waals surface area contributed by atoms with Gasteiger partial charge in [-0.15, -0.1) is 0 Å². The normalized spacial score (nSPS) is 25.7. The lowest BCUT2D eigenvalue weighted by molar-refractivity contribution is -0.127. The second kappa shape index (κ2) is 7.99. The largest absolute Gasteiger partial charge is 0.387 e. The van der Waals surface area contributed by atoms with Gasteiger partial charge in [0.15, 0.2) is 5.82 Å². The molecule has 0 aromatic carbocycles. The van der Waals surface area contributed by atoms with Crippen molar-refractivity contribution in [1.82, 2.24) is 24.7 Å². The van der Waals surface area contributed by atoms with Gasteiger partial charge >= 0.3 is 0 Å². The van der Waals surface area contributed by atoms with Gasteiger partial charge in [-0.2, -0.15) is 10.1 Å². The summed E-state index contributed by atoms with van der Waals surface area (Å²) in [6.07, 6.45) is 2.47. The molecule has 0 bridgehead atoms. The maximum atomic E-state index is 14.4. The van der Waals surface area contributed by atoms with Gasteiger partial charge in [0.2, 0.25) is 5.95 Å². The minimum absolute atomic E-state index is 0.0565. The number of halogens is 1. The molecule has 2 unspecified atom stereocenters. The monoisotopic (exact) mass is 482 g/mol. The Balaban J connectivity index is 1.24. The fraction of sp³-hybridized carbons (Fsp3) is 0.583. The highest BCUT2D eigenvalue weighted by atomic mass is 19.1. The predicted octanol–water partition coefficient (Wildman–Crippen LogP) is 2.68. The Kier molecular flexibility index (Phi) is 5.12. The number of nitrogens with zero attached hydrogens (tertiary/aromatic N) is 7. The van der Waals surface area contributed by atoms with Crippen molar-refractivity contribution >= 4 is 34.3 Å². The second-order valence-corrected chi connectivity index (χ2v) is 10.7. The molecule has 0 radical (unpaired) electrons. The van der Waals surface area contributed by atoms with Crippen LogP contribution < -0.4 is 15.1 Å². The van der Waals surface area contributed by atoms with Gasteiger partial charge < -0.3 is 25.0 Å². The number of alkyl halides is 1. The van der Waals surface area contributed by atoms with E-state index in [0.29, 0.717) is 36.0 Å². The number of aliphatic hydroxyl groups is 1. The molecule has 0 saturated carbocycles. The van der Waals surface area contributed by atoms with Crippen molar-refractivity contribution in [3.8, 4) is 0 Å². The van der Waals surface area contributed by atoms with E-state index in [1.54, 1.807) is 17.2 Å². The van der Waals surface area contributed by atoms with E-state index in [9.17, 15) is 9.50 Å². The van der Waals surface area contributed by atoms with Gasteiger partial charge in [0.1, 0.15) is 17.8 Å². The Hall–Kier alpha value is -3.05. The Bertz CT molecular complexity index is 1250. The molecular formula is C24H31FN8O2. The number of aromatic nitrogens is 5. The number of pyridine rings is 1. The molecule has 186 valence electrons. The van der Waals surface area contributed by atoms with Crippen molar-refractivity contribution in [1.29, 1.82) is 0 Å². The zero-order chi connectivity index (χ0) is 24.4. The molecule has 3 saturated heterocycles. The van der Waals surface area contributed by atoms with Gasteiger partial charge in [0.25, 0.3) is 0 Å². The molecular weight excluding hydrogens is 451 g/mol. The summed E-state index contributed by atoms with van der Waals surface area (Å²) in [7, 11) is 0. The van der Waals surface area contributed by atoms with Gasteiger partial charge in [0.05, 0.1) is 41.7 Å². The summed E-state index contributed by atoms with van der Waals surface area (Å²) in [5.74, 6) is 2.61. The summed E-state index contributed by atoms with van der Waals surface area (Å²) >= 11 is 0. The van der Waals surface area contributed by atoms with Crippen LogP contribution in [-0.4, -0.2) is 81.0 Å². The van der Waals surface area contributed by atoms with Crippen LogP contribution in [0.25, 0.3) is 10.9 Å². The van der Waals surface area contributed by atoms with Crippen LogP contribution >= 0.6 is 0 Å². The van der Waals surface area contributed by atoms with Gasteiger partial charge in [0, 0.05) is 44.1 Å². The quantitative estimate of drug-likeness (QED) is 0.568. The lowest BCUT2D eigenvalue weighted by Gasteiger charge is -2.55. The lowest BCUT2D eigenvalue weighted by atomic mass is 9.78. The Morgan fingerprint density at radius 2 is 2.00 bits per heavy atom. The maximum Gasteiger partial charge on any atom is 0.227 e. The van der Waals surface area contributed by atoms with Crippen LogP contribution in [-0.2, 0) is 4.74 Å². The molecule has 35 heavy (non-hydrogen) atoms. The average Bonchev–Trinajstić information content (AvgIpc) is 3.13. The van der Waals surface area contributed by atoms with E-state index in [1.807, 2.05) is 16.9 Å². The smallest absolute Gasteiger partial charge is 0.227 e. The number of nitrogens with one attached hydrogen (secondary N) is 1. The topological polar surface area (TPSA) is 104 Å². The maximum absolute atomic E-state index is 14.4. The zero-order valence-electron chi connectivity index (χ0n) is 20.3. The molecule has 2 N–H and O–H groups in total. The first-order valence-corrected chi connectivity index (χ1v) is 12.2. The first-order chi connectivity index (χ1) is 16.7. The van der Waals surface area contributed by atoms with Crippen LogP contribution in [0.2, 0.25) is 0 Å². The SMILES string of the molecule is CC(C)n1nc(N2CC3(COC3)C2)c2cnc(Nc3ccnc(N4CCC(C)(O)C(F)C4)n3)cc21. The molecule has 3 aliphatic heterocycles. The average molecular weight is 483 g/mol. The van der Waals surface area contributed by atoms with Crippen molar-refractivity contribution < 1.29 is 14.2 Å². The molecule has 11 heteroatoms. The fourth-order valence-corrected chi connectivity index (χ4v) is 5.08. The summed E-state index contributed by atoms with van der Waals surface area (Å²) in [5, 5.41) is 19.3. The number of hydrogen-bond donors (Lipinski definition) is 2. The number of piperidine rings is 1. The van der Waals surface area contributed by atoms with Crippen molar-refractivity contribution in [3.05, 3.63) is 24.5 Å². The number of ether oxygens (including phenoxy) is 1. The minimum Gasteiger partial charge on any atom is -0.387 e. The summed E-state index contributed by atoms with van der Waals surface area (Å²) in [4.78, 5) is 17.6. The molecule has 1 spiro atoms. The van der Waals surface area contributed by atoms with Crippen LogP contribution in [0.5, 0.6) is 0 Å². The molecule has 3 fully saturated rings. The van der Waals surface area contributed by atoms with E-state index < -0.39 is 11.8 Å². The van der Waals surface area contributed by atoms with Gasteiger partial charge in [-0.05, 0) is 33.3 Å². The van der Waals surface area contributed by atoms with Crippen LogP contribution in [0.15, 0.2) is 24.5 Å². The lowest BCUT2D eigenvalue weighted by Crippen LogP contribution is -2.66. The van der Waals surface area contributed by atoms with Crippen LogP contribution in [0.3, 0.4) is 0 Å². The molecule has 3 aromatic heterocycles. The summed E-state index contributed by atoms with van der Waals surface area (Å²) in [6, 6.07) is 3.94. The van der Waals surface area contributed by atoms with Gasteiger partial charge in [-0.25, -0.2) is 14.4 Å². The molecule has 2 atom stereocenters. The molecule has 3 aliphatic rings. The van der Waals surface area contributed by atoms with Crippen LogP contribution in [0, 0.1) is 5.41 Å². The molecule has 0 aliphatic carbocycles. The third-order valence-corrected chi connectivity index (χ3v) is 7.36. The molecule has 6 rings (SSSR count). The van der Waals surface area contributed by atoms with Crippen LogP contribution in [0.1, 0.15) is 33.2 Å². The van der Waals surface area contributed by atoms with Crippen molar-refractivity contribution in [2.24, 2.45) is 5.41 Å². The zero-order valence-corrected chi connectivity index (χ0v) is 20.3. The Morgan fingerprint density at radius 3 is 2.69 bits per heavy atom. The molecule has 10 nitrogen and oxygen atoms in total. The summed E-state index contributed by atoms with van der Waals surface area (Å²) in [5.41, 5.74) is -0.00216. The van der Waals surface area contributed by atoms with E-state index in [1.165, 1.54) is 6.92 Å². The van der Waals surface area contributed by atoms with Crippen molar-refractivity contribution in [3.63, 3.8) is 0 Å². The Labute approximate surface area is 203 Å². The van der Waals surface area contributed by atoms with Gasteiger partial charge in [-0.3, -0.25) is 4.68 Å². The third-order valence-electron chi connectivity index (χ3n) is 7.36.